The summed E-state index contributed by atoms with van der Waals surface area (Å²) >= 11 is 5.29. The van der Waals surface area contributed by atoms with Crippen LogP contribution >= 0.6 is 11.6 Å². The van der Waals surface area contributed by atoms with Crippen LogP contribution in [0.3, 0.4) is 0 Å². The van der Waals surface area contributed by atoms with Gasteiger partial charge in [0.1, 0.15) is 5.84 Å². The van der Waals surface area contributed by atoms with E-state index in [0.29, 0.717) is 10.1 Å². The maximum Gasteiger partial charge on any atom is 0.296 e. The summed E-state index contributed by atoms with van der Waals surface area (Å²) in [5, 5.41) is 1.58. The van der Waals surface area contributed by atoms with E-state index in [4.69, 9.17) is 23.3 Å². The molecule has 1 amide bonds. The lowest BCUT2D eigenvalue weighted by Gasteiger charge is -2.58. The van der Waals surface area contributed by atoms with Crippen LogP contribution in [-0.2, 0) is 4.79 Å². The summed E-state index contributed by atoms with van der Waals surface area (Å²) in [7, 11) is 0. The van der Waals surface area contributed by atoms with Crippen molar-refractivity contribution in [3.05, 3.63) is 0 Å². The fourth-order valence-corrected chi connectivity index (χ4v) is 2.74. The molecule has 0 aromatic rings. The first kappa shape index (κ1) is 14.4. The molecule has 1 saturated carbocycles. The maximum absolute atomic E-state index is 14.1. The Balaban J connectivity index is 2.41. The van der Waals surface area contributed by atoms with Gasteiger partial charge in [0, 0.05) is 6.42 Å². The Bertz CT molecular complexity index is 471. The SMILES string of the molecule is CC1=NN(N)C(C2(C)CC(F)(F)C2(F)Cl)C(=O)N1N. The molecular formula is C9H13ClF3N5O. The van der Waals surface area contributed by atoms with E-state index in [2.05, 4.69) is 5.10 Å². The lowest BCUT2D eigenvalue weighted by molar-refractivity contribution is -0.268. The number of carbonyl (C=O) groups excluding carboxylic acids is 1. The second-order valence-electron chi connectivity index (χ2n) is 5.01. The van der Waals surface area contributed by atoms with Crippen molar-refractivity contribution >= 4 is 23.3 Å². The number of amidine groups is 1. The van der Waals surface area contributed by atoms with E-state index < -0.39 is 34.8 Å². The van der Waals surface area contributed by atoms with Gasteiger partial charge in [-0.05, 0) is 6.92 Å². The molecule has 0 spiro atoms. The molecule has 0 aromatic carbocycles. The molecule has 4 N–H and O–H groups in total. The topological polar surface area (TPSA) is 88.0 Å². The quantitative estimate of drug-likeness (QED) is 0.420. The second-order valence-corrected chi connectivity index (χ2v) is 5.53. The molecule has 1 heterocycles. The number of alkyl halides is 4. The first-order valence-corrected chi connectivity index (χ1v) is 5.77. The second kappa shape index (κ2) is 3.74. The summed E-state index contributed by atoms with van der Waals surface area (Å²) < 4.78 is 40.5. The van der Waals surface area contributed by atoms with Gasteiger partial charge in [-0.3, -0.25) is 4.79 Å². The van der Waals surface area contributed by atoms with Crippen molar-refractivity contribution in [1.82, 2.24) is 10.1 Å². The molecule has 108 valence electrons. The third-order valence-electron chi connectivity index (χ3n) is 3.71. The van der Waals surface area contributed by atoms with Crippen molar-refractivity contribution in [1.29, 1.82) is 0 Å². The minimum atomic E-state index is -3.74. The van der Waals surface area contributed by atoms with Crippen molar-refractivity contribution in [3.8, 4) is 0 Å². The lowest BCUT2D eigenvalue weighted by atomic mass is 9.60. The highest BCUT2D eigenvalue weighted by Gasteiger charge is 2.80. The van der Waals surface area contributed by atoms with Crippen molar-refractivity contribution in [3.63, 3.8) is 0 Å². The van der Waals surface area contributed by atoms with Crippen LogP contribution in [0.15, 0.2) is 5.10 Å². The van der Waals surface area contributed by atoms with Crippen LogP contribution in [-0.4, -0.2) is 39.0 Å². The molecule has 1 aliphatic heterocycles. The molecular weight excluding hydrogens is 287 g/mol. The number of nitrogens with zero attached hydrogens (tertiary/aromatic N) is 3. The third kappa shape index (κ3) is 1.58. The summed E-state index contributed by atoms with van der Waals surface area (Å²) in [6, 6.07) is -1.50. The zero-order valence-electron chi connectivity index (χ0n) is 10.2. The van der Waals surface area contributed by atoms with Gasteiger partial charge in [-0.15, -0.1) is 5.10 Å². The molecule has 0 bridgehead atoms. The molecule has 0 saturated heterocycles. The molecule has 0 radical (unpaired) electrons. The molecule has 10 heteroatoms. The van der Waals surface area contributed by atoms with Gasteiger partial charge in [-0.1, -0.05) is 18.5 Å². The number of hydrazine groups is 2. The lowest BCUT2D eigenvalue weighted by Crippen LogP contribution is -2.76. The van der Waals surface area contributed by atoms with Crippen LogP contribution in [0.5, 0.6) is 0 Å². The number of nitrogens with two attached hydrogens (primary N) is 2. The monoisotopic (exact) mass is 299 g/mol. The van der Waals surface area contributed by atoms with Crippen molar-refractivity contribution in [2.75, 3.05) is 0 Å². The fourth-order valence-electron chi connectivity index (χ4n) is 2.50. The van der Waals surface area contributed by atoms with Crippen LogP contribution in [0.25, 0.3) is 0 Å². The van der Waals surface area contributed by atoms with E-state index in [1.807, 2.05) is 0 Å². The highest BCUT2D eigenvalue weighted by Crippen LogP contribution is 2.66. The standard InChI is InChI=1S/C9H13ClF3N5O/c1-4-16-18(15)5(6(19)17(4)14)7(2)3-8(11,12)9(7,10)13/h5H,3,14-15H2,1-2H3. The largest absolute Gasteiger partial charge is 0.296 e. The molecule has 6 nitrogen and oxygen atoms in total. The van der Waals surface area contributed by atoms with Gasteiger partial charge in [0.15, 0.2) is 6.04 Å². The zero-order chi connectivity index (χ0) is 14.8. The fraction of sp³-hybridized carbons (Fsp3) is 0.778. The van der Waals surface area contributed by atoms with Gasteiger partial charge in [0.05, 0.1) is 5.41 Å². The highest BCUT2D eigenvalue weighted by atomic mass is 35.5. The molecule has 3 atom stereocenters. The van der Waals surface area contributed by atoms with Gasteiger partial charge >= 0.3 is 0 Å². The predicted molar refractivity (Wildman–Crippen MR) is 61.3 cm³/mol. The first-order chi connectivity index (χ1) is 8.46. The molecule has 0 aromatic heterocycles. The predicted octanol–water partition coefficient (Wildman–Crippen LogP) is 0.530. The third-order valence-corrected chi connectivity index (χ3v) is 4.42. The molecule has 1 aliphatic carbocycles. The summed E-state index contributed by atoms with van der Waals surface area (Å²) in [5.41, 5.74) is -1.90. The summed E-state index contributed by atoms with van der Waals surface area (Å²) in [6.45, 7) is 2.51. The Kier molecular flexibility index (Phi) is 2.82. The van der Waals surface area contributed by atoms with Gasteiger partial charge in [-0.2, -0.15) is 0 Å². The van der Waals surface area contributed by atoms with E-state index in [9.17, 15) is 18.0 Å². The minimum absolute atomic E-state index is 0.0671. The van der Waals surface area contributed by atoms with Gasteiger partial charge < -0.3 is 0 Å². The average molecular weight is 300 g/mol. The Morgan fingerprint density at radius 2 is 1.95 bits per heavy atom. The van der Waals surface area contributed by atoms with E-state index in [0.717, 1.165) is 6.92 Å². The highest BCUT2D eigenvalue weighted by molar-refractivity contribution is 6.25. The minimum Gasteiger partial charge on any atom is -0.270 e. The van der Waals surface area contributed by atoms with Crippen LogP contribution in [0.1, 0.15) is 20.3 Å². The number of hydrogen-bond acceptors (Lipinski definition) is 5. The van der Waals surface area contributed by atoms with E-state index in [1.54, 1.807) is 0 Å². The summed E-state index contributed by atoms with van der Waals surface area (Å²) in [6.07, 6.45) is -0.924. The molecule has 19 heavy (non-hydrogen) atoms. The van der Waals surface area contributed by atoms with Crippen LogP contribution in [0, 0.1) is 5.41 Å². The van der Waals surface area contributed by atoms with Gasteiger partial charge in [-0.25, -0.2) is 35.0 Å². The van der Waals surface area contributed by atoms with Crippen molar-refractivity contribution in [2.45, 2.75) is 37.4 Å². The number of rotatable bonds is 1. The van der Waals surface area contributed by atoms with E-state index in [-0.39, 0.29) is 5.84 Å². The summed E-state index contributed by atoms with van der Waals surface area (Å²) in [5.74, 6) is 6.42. The maximum atomic E-state index is 14.1. The number of hydrogen-bond donors (Lipinski definition) is 2. The Hall–Kier alpha value is -1.06. The van der Waals surface area contributed by atoms with Crippen LogP contribution in [0.2, 0.25) is 0 Å². The van der Waals surface area contributed by atoms with Crippen molar-refractivity contribution in [2.24, 2.45) is 22.2 Å². The Morgan fingerprint density at radius 1 is 1.42 bits per heavy atom. The number of halogens is 4. The molecule has 2 aliphatic rings. The van der Waals surface area contributed by atoms with Crippen LogP contribution < -0.4 is 11.7 Å². The molecule has 2 rings (SSSR count). The number of carbonyl (C=O) groups is 1. The normalized spacial score (nSPS) is 42.0. The average Bonchev–Trinajstić information content (AvgIpc) is 2.25. The van der Waals surface area contributed by atoms with Crippen LogP contribution in [0.4, 0.5) is 13.2 Å². The van der Waals surface area contributed by atoms with Gasteiger partial charge in [0.2, 0.25) is 0 Å². The smallest absolute Gasteiger partial charge is 0.270 e. The number of amides is 1. The van der Waals surface area contributed by atoms with E-state index in [1.165, 1.54) is 6.92 Å². The zero-order valence-corrected chi connectivity index (χ0v) is 11.0. The molecule has 3 unspecified atom stereocenters. The summed E-state index contributed by atoms with van der Waals surface area (Å²) in [4.78, 5) is 12.0. The van der Waals surface area contributed by atoms with Gasteiger partial charge in [0.25, 0.3) is 17.0 Å². The number of hydrazone groups is 1. The molecule has 1 fully saturated rings. The van der Waals surface area contributed by atoms with Crippen molar-refractivity contribution < 1.29 is 18.0 Å². The van der Waals surface area contributed by atoms with E-state index >= 15 is 0 Å². The Morgan fingerprint density at radius 3 is 2.37 bits per heavy atom. The first-order valence-electron chi connectivity index (χ1n) is 5.39. The Labute approximate surface area is 112 Å².